The number of pyridine rings is 1. The van der Waals surface area contributed by atoms with Crippen LogP contribution >= 0.6 is 11.6 Å². The normalized spacial score (nSPS) is 11.4. The molecule has 0 saturated heterocycles. The summed E-state index contributed by atoms with van der Waals surface area (Å²) in [6.45, 7) is -0.687. The van der Waals surface area contributed by atoms with E-state index in [1.807, 2.05) is 5.43 Å². The Labute approximate surface area is 188 Å². The second kappa shape index (κ2) is 9.52. The molecule has 0 unspecified atom stereocenters. The second-order valence-corrected chi connectivity index (χ2v) is 7.08. The number of anilines is 1. The number of nitrogens with zero attached hydrogens (tertiary/aromatic N) is 3. The molecule has 0 aliphatic rings. The van der Waals surface area contributed by atoms with Gasteiger partial charge in [0, 0.05) is 29.4 Å². The van der Waals surface area contributed by atoms with Gasteiger partial charge in [-0.1, -0.05) is 17.7 Å². The summed E-state index contributed by atoms with van der Waals surface area (Å²) in [5.74, 6) is 2.34. The molecule has 3 rings (SSSR count). The van der Waals surface area contributed by atoms with Gasteiger partial charge in [0.2, 0.25) is 5.95 Å². The molecule has 14 heteroatoms. The molecule has 0 aliphatic heterocycles. The second-order valence-electron chi connectivity index (χ2n) is 6.64. The number of nitrogen functional groups attached to an aromatic ring is 1. The van der Waals surface area contributed by atoms with Gasteiger partial charge in [-0.05, 0) is 23.8 Å². The number of aromatic nitrogens is 3. The number of carbonyl (C=O) groups excluding carboxylic acids is 2. The molecule has 0 fully saturated rings. The third kappa shape index (κ3) is 5.27. The van der Waals surface area contributed by atoms with Gasteiger partial charge in [0.1, 0.15) is 5.69 Å². The fourth-order valence-corrected chi connectivity index (χ4v) is 3.20. The lowest BCUT2D eigenvalue weighted by Crippen LogP contribution is -2.31. The van der Waals surface area contributed by atoms with Gasteiger partial charge < -0.3 is 11.1 Å². The topological polar surface area (TPSA) is 141 Å². The number of hydrogen-bond acceptors (Lipinski definition) is 6. The number of hydrogen-bond donors (Lipinski definition) is 4. The predicted molar refractivity (Wildman–Crippen MR) is 109 cm³/mol. The number of benzene rings is 1. The zero-order valence-electron chi connectivity index (χ0n) is 16.6. The maximum atomic E-state index is 14.0. The van der Waals surface area contributed by atoms with E-state index in [2.05, 4.69) is 15.4 Å². The lowest BCUT2D eigenvalue weighted by molar-refractivity contribution is -0.141. The average molecular weight is 486 g/mol. The zero-order chi connectivity index (χ0) is 24.3. The van der Waals surface area contributed by atoms with E-state index in [-0.39, 0.29) is 33.9 Å². The van der Waals surface area contributed by atoms with E-state index in [4.69, 9.17) is 23.2 Å². The fourth-order valence-electron chi connectivity index (χ4n) is 2.96. The highest BCUT2D eigenvalue weighted by atomic mass is 35.5. The molecule has 0 aliphatic carbocycles. The van der Waals surface area contributed by atoms with Crippen molar-refractivity contribution in [2.24, 2.45) is 11.6 Å². The first kappa shape index (κ1) is 24.1. The van der Waals surface area contributed by atoms with Gasteiger partial charge in [0.05, 0.1) is 17.8 Å². The van der Waals surface area contributed by atoms with Crippen LogP contribution in [0.3, 0.4) is 0 Å². The molecule has 0 atom stereocenters. The summed E-state index contributed by atoms with van der Waals surface area (Å²) < 4.78 is 54.5. The van der Waals surface area contributed by atoms with Crippen molar-refractivity contribution >= 4 is 29.1 Å². The monoisotopic (exact) mass is 485 g/mol. The van der Waals surface area contributed by atoms with Crippen LogP contribution in [0.5, 0.6) is 0 Å². The molecule has 0 saturated carbocycles. The van der Waals surface area contributed by atoms with Gasteiger partial charge in [-0.3, -0.25) is 19.7 Å². The van der Waals surface area contributed by atoms with Crippen LogP contribution in [0.15, 0.2) is 36.5 Å². The molecule has 174 valence electrons. The van der Waals surface area contributed by atoms with Gasteiger partial charge in [-0.15, -0.1) is 0 Å². The van der Waals surface area contributed by atoms with E-state index in [0.717, 1.165) is 6.20 Å². The highest BCUT2D eigenvalue weighted by Gasteiger charge is 2.36. The minimum absolute atomic E-state index is 0.0966. The van der Waals surface area contributed by atoms with E-state index in [9.17, 15) is 27.2 Å². The quantitative estimate of drug-likeness (QED) is 0.139. The van der Waals surface area contributed by atoms with Gasteiger partial charge in [-0.25, -0.2) is 10.8 Å². The molecular weight excluding hydrogens is 470 g/mol. The number of amides is 2. The van der Waals surface area contributed by atoms with Crippen LogP contribution in [-0.2, 0) is 19.3 Å². The molecule has 3 aromatic rings. The summed E-state index contributed by atoms with van der Waals surface area (Å²) in [5.41, 5.74) is 5.47. The molecule has 0 bridgehead atoms. The maximum Gasteiger partial charge on any atom is 0.435 e. The number of carbonyl (C=O) groups is 2. The van der Waals surface area contributed by atoms with Gasteiger partial charge in [0.25, 0.3) is 11.8 Å². The number of rotatable bonds is 6. The van der Waals surface area contributed by atoms with Crippen molar-refractivity contribution in [3.05, 3.63) is 75.6 Å². The minimum Gasteiger partial charge on any atom is -0.326 e. The van der Waals surface area contributed by atoms with Crippen molar-refractivity contribution < 1.29 is 27.2 Å². The first-order valence-corrected chi connectivity index (χ1v) is 9.52. The van der Waals surface area contributed by atoms with E-state index in [0.29, 0.717) is 10.7 Å². The summed E-state index contributed by atoms with van der Waals surface area (Å²) in [4.78, 5) is 28.6. The Morgan fingerprint density at radius 1 is 1.15 bits per heavy atom. The van der Waals surface area contributed by atoms with Crippen LogP contribution in [-0.4, -0.2) is 26.6 Å². The van der Waals surface area contributed by atoms with Crippen molar-refractivity contribution in [2.75, 3.05) is 5.32 Å². The van der Waals surface area contributed by atoms with Crippen LogP contribution in [0.1, 0.15) is 37.7 Å². The molecule has 9 nitrogen and oxygen atoms in total. The van der Waals surface area contributed by atoms with Crippen molar-refractivity contribution in [3.63, 3.8) is 0 Å². The molecule has 6 N–H and O–H groups in total. The SMILES string of the molecule is NCc1cc(Cl)cc(C(=O)NN)c1NC(=O)c1cc(C(F)(F)F)nn1Cc1cccnc1F. The zero-order valence-corrected chi connectivity index (χ0v) is 17.3. The van der Waals surface area contributed by atoms with Crippen molar-refractivity contribution in [3.8, 4) is 0 Å². The number of nitrogens with one attached hydrogen (secondary N) is 2. The Morgan fingerprint density at radius 3 is 2.48 bits per heavy atom. The summed E-state index contributed by atoms with van der Waals surface area (Å²) in [6, 6.07) is 5.74. The average Bonchev–Trinajstić information content (AvgIpc) is 3.20. The first-order valence-electron chi connectivity index (χ1n) is 9.14. The molecule has 2 amide bonds. The summed E-state index contributed by atoms with van der Waals surface area (Å²) >= 11 is 5.97. The van der Waals surface area contributed by atoms with Crippen molar-refractivity contribution in [1.29, 1.82) is 0 Å². The number of halogens is 5. The third-order valence-corrected chi connectivity index (χ3v) is 4.70. The smallest absolute Gasteiger partial charge is 0.326 e. The van der Waals surface area contributed by atoms with Gasteiger partial charge in [-0.2, -0.15) is 22.7 Å². The van der Waals surface area contributed by atoms with Crippen LogP contribution in [0.25, 0.3) is 0 Å². The van der Waals surface area contributed by atoms with Crippen LogP contribution < -0.4 is 22.3 Å². The first-order chi connectivity index (χ1) is 15.5. The summed E-state index contributed by atoms with van der Waals surface area (Å²) in [6.07, 6.45) is -3.71. The van der Waals surface area contributed by atoms with Gasteiger partial charge in [0.15, 0.2) is 5.69 Å². The summed E-state index contributed by atoms with van der Waals surface area (Å²) in [7, 11) is 0. The number of hydrazine groups is 1. The van der Waals surface area contributed by atoms with E-state index >= 15 is 0 Å². The Hall–Kier alpha value is -3.55. The van der Waals surface area contributed by atoms with Gasteiger partial charge >= 0.3 is 6.18 Å². The lowest BCUT2D eigenvalue weighted by Gasteiger charge is -2.15. The van der Waals surface area contributed by atoms with Crippen LogP contribution in [0.4, 0.5) is 23.2 Å². The standard InChI is InChI=1S/C19H16ClF4N7O2/c20-11-4-10(7-25)15(12(5-11)17(32)29-26)28-18(33)13-6-14(19(22,23)24)30-31(13)8-9-2-1-3-27-16(9)21/h1-6H,7-8,25-26H2,(H,28,33)(H,29,32). The maximum absolute atomic E-state index is 14.0. The largest absolute Gasteiger partial charge is 0.435 e. The Balaban J connectivity index is 2.07. The van der Waals surface area contributed by atoms with E-state index in [1.54, 1.807) is 0 Å². The fraction of sp³-hybridized carbons (Fsp3) is 0.158. The predicted octanol–water partition coefficient (Wildman–Crippen LogP) is 2.45. The highest BCUT2D eigenvalue weighted by molar-refractivity contribution is 6.31. The van der Waals surface area contributed by atoms with Crippen molar-refractivity contribution in [2.45, 2.75) is 19.3 Å². The molecule has 1 aromatic carbocycles. The molecule has 0 spiro atoms. The molecule has 33 heavy (non-hydrogen) atoms. The Bertz CT molecular complexity index is 1210. The number of alkyl halides is 3. The van der Waals surface area contributed by atoms with E-state index < -0.39 is 41.9 Å². The Morgan fingerprint density at radius 2 is 1.88 bits per heavy atom. The van der Waals surface area contributed by atoms with E-state index in [1.165, 1.54) is 24.3 Å². The highest BCUT2D eigenvalue weighted by Crippen LogP contribution is 2.30. The summed E-state index contributed by atoms with van der Waals surface area (Å²) in [5, 5.41) is 5.88. The lowest BCUT2D eigenvalue weighted by atomic mass is 10.1. The molecule has 2 aromatic heterocycles. The van der Waals surface area contributed by atoms with Crippen LogP contribution in [0, 0.1) is 5.95 Å². The van der Waals surface area contributed by atoms with Crippen molar-refractivity contribution in [1.82, 2.24) is 20.2 Å². The molecule has 0 radical (unpaired) electrons. The van der Waals surface area contributed by atoms with Crippen LogP contribution in [0.2, 0.25) is 5.02 Å². The minimum atomic E-state index is -4.87. The third-order valence-electron chi connectivity index (χ3n) is 4.48. The molecular formula is C19H16ClF4N7O2. The number of nitrogens with two attached hydrogens (primary N) is 2. The molecule has 2 heterocycles. The Kier molecular flexibility index (Phi) is 6.95.